The fourth-order valence-electron chi connectivity index (χ4n) is 1.53. The van der Waals surface area contributed by atoms with Crippen molar-refractivity contribution >= 4 is 0 Å². The van der Waals surface area contributed by atoms with E-state index in [1.165, 1.54) is 0 Å². The lowest BCUT2D eigenvalue weighted by atomic mass is 10.4. The van der Waals surface area contributed by atoms with Gasteiger partial charge < -0.3 is 26.6 Å². The van der Waals surface area contributed by atoms with Gasteiger partial charge in [-0.3, -0.25) is 0 Å². The average molecular weight is 259 g/mol. The van der Waals surface area contributed by atoms with Crippen LogP contribution in [0.3, 0.4) is 0 Å². The molecule has 0 bridgehead atoms. The van der Waals surface area contributed by atoms with E-state index in [0.717, 1.165) is 58.9 Å². The van der Waals surface area contributed by atoms with Gasteiger partial charge in [-0.1, -0.05) is 20.8 Å². The Bertz CT molecular complexity index is 152. The third kappa shape index (κ3) is 15.8. The Morgan fingerprint density at radius 1 is 0.611 bits per heavy atom. The van der Waals surface area contributed by atoms with Crippen molar-refractivity contribution in [1.82, 2.24) is 26.6 Å². The lowest BCUT2D eigenvalue weighted by molar-refractivity contribution is 0.538. The summed E-state index contributed by atoms with van der Waals surface area (Å²) < 4.78 is 0. The van der Waals surface area contributed by atoms with Crippen LogP contribution in [0.5, 0.6) is 0 Å². The van der Waals surface area contributed by atoms with E-state index in [4.69, 9.17) is 0 Å². The van der Waals surface area contributed by atoms with Crippen molar-refractivity contribution in [2.45, 2.75) is 26.8 Å². The molecule has 0 saturated carbocycles. The van der Waals surface area contributed by atoms with Crippen molar-refractivity contribution in [3.63, 3.8) is 0 Å². The molecule has 0 aromatic carbocycles. The first-order valence-electron chi connectivity index (χ1n) is 7.33. The molecule has 110 valence electrons. The second kappa shape index (κ2) is 14.9. The summed E-state index contributed by atoms with van der Waals surface area (Å²) in [6.07, 6.45) is 0. The minimum Gasteiger partial charge on any atom is -0.316 e. The monoisotopic (exact) mass is 259 g/mol. The molecule has 5 N–H and O–H groups in total. The predicted octanol–water partition coefficient (Wildman–Crippen LogP) is -0.637. The molecule has 0 unspecified atom stereocenters. The Kier molecular flexibility index (Phi) is 14.7. The van der Waals surface area contributed by atoms with Gasteiger partial charge in [0.1, 0.15) is 0 Å². The highest BCUT2D eigenvalue weighted by Crippen LogP contribution is 1.72. The first-order chi connectivity index (χ1) is 8.77. The summed E-state index contributed by atoms with van der Waals surface area (Å²) in [5.74, 6) is 0. The minimum atomic E-state index is 0.582. The smallest absolute Gasteiger partial charge is 0.00791 e. The van der Waals surface area contributed by atoms with Gasteiger partial charge in [0, 0.05) is 58.4 Å². The molecule has 0 radical (unpaired) electrons. The summed E-state index contributed by atoms with van der Waals surface area (Å²) in [5.41, 5.74) is 0. The molecule has 0 heterocycles. The standard InChI is InChI=1S/C13H33N5/c1-4-14-5-6-15-7-8-16-9-10-17-11-12-18-13(2)3/h13-18H,4-12H2,1-3H3. The number of nitrogens with one attached hydrogen (secondary N) is 5. The van der Waals surface area contributed by atoms with E-state index in [9.17, 15) is 0 Å². The van der Waals surface area contributed by atoms with Crippen LogP contribution in [-0.2, 0) is 0 Å². The van der Waals surface area contributed by atoms with E-state index < -0.39 is 0 Å². The molecule has 0 amide bonds. The topological polar surface area (TPSA) is 60.1 Å². The molecule has 5 nitrogen and oxygen atoms in total. The fourth-order valence-corrected chi connectivity index (χ4v) is 1.53. The van der Waals surface area contributed by atoms with Crippen molar-refractivity contribution in [1.29, 1.82) is 0 Å². The van der Waals surface area contributed by atoms with Gasteiger partial charge in [0.05, 0.1) is 0 Å². The largest absolute Gasteiger partial charge is 0.316 e. The third-order valence-corrected chi connectivity index (χ3v) is 2.54. The molecule has 0 rings (SSSR count). The normalized spacial score (nSPS) is 11.3. The van der Waals surface area contributed by atoms with Crippen LogP contribution in [0.1, 0.15) is 20.8 Å². The molecule has 0 fully saturated rings. The molecule has 0 aliphatic heterocycles. The minimum absolute atomic E-state index is 0.582. The van der Waals surface area contributed by atoms with E-state index >= 15 is 0 Å². The van der Waals surface area contributed by atoms with Crippen LogP contribution in [-0.4, -0.2) is 64.9 Å². The van der Waals surface area contributed by atoms with Gasteiger partial charge in [0.25, 0.3) is 0 Å². The summed E-state index contributed by atoms with van der Waals surface area (Å²) in [6, 6.07) is 0.582. The second-order valence-electron chi connectivity index (χ2n) is 4.71. The van der Waals surface area contributed by atoms with Crippen LogP contribution in [0.25, 0.3) is 0 Å². The number of likely N-dealkylation sites (N-methyl/N-ethyl adjacent to an activating group) is 1. The van der Waals surface area contributed by atoms with E-state index in [2.05, 4.69) is 47.4 Å². The van der Waals surface area contributed by atoms with Crippen molar-refractivity contribution < 1.29 is 0 Å². The number of hydrogen-bond acceptors (Lipinski definition) is 5. The van der Waals surface area contributed by atoms with Gasteiger partial charge >= 0.3 is 0 Å². The SMILES string of the molecule is CCNCCNCCNCCNCCNC(C)C. The summed E-state index contributed by atoms with van der Waals surface area (Å²) in [7, 11) is 0. The second-order valence-corrected chi connectivity index (χ2v) is 4.71. The van der Waals surface area contributed by atoms with Gasteiger partial charge in [-0.15, -0.1) is 0 Å². The molecular weight excluding hydrogens is 226 g/mol. The summed E-state index contributed by atoms with van der Waals surface area (Å²) in [4.78, 5) is 0. The van der Waals surface area contributed by atoms with Gasteiger partial charge in [-0.25, -0.2) is 0 Å². The highest BCUT2D eigenvalue weighted by molar-refractivity contribution is 4.58. The Morgan fingerprint density at radius 2 is 1.00 bits per heavy atom. The van der Waals surface area contributed by atoms with E-state index in [-0.39, 0.29) is 0 Å². The highest BCUT2D eigenvalue weighted by atomic mass is 15.0. The molecule has 5 heteroatoms. The maximum atomic E-state index is 3.41. The first kappa shape index (κ1) is 17.8. The van der Waals surface area contributed by atoms with Crippen LogP contribution >= 0.6 is 0 Å². The van der Waals surface area contributed by atoms with Crippen molar-refractivity contribution in [2.75, 3.05) is 58.9 Å². The summed E-state index contributed by atoms with van der Waals surface area (Å²) in [5, 5.41) is 16.9. The maximum absolute atomic E-state index is 3.41. The highest BCUT2D eigenvalue weighted by Gasteiger charge is 1.91. The van der Waals surface area contributed by atoms with Crippen LogP contribution in [0, 0.1) is 0 Å². The Balaban J connectivity index is 2.90. The maximum Gasteiger partial charge on any atom is 0.00791 e. The molecular formula is C13H33N5. The fraction of sp³-hybridized carbons (Fsp3) is 1.00. The Hall–Kier alpha value is -0.200. The molecule has 0 aliphatic rings. The van der Waals surface area contributed by atoms with Crippen LogP contribution in [0.2, 0.25) is 0 Å². The van der Waals surface area contributed by atoms with Gasteiger partial charge in [-0.2, -0.15) is 0 Å². The van der Waals surface area contributed by atoms with Crippen LogP contribution in [0.4, 0.5) is 0 Å². The van der Waals surface area contributed by atoms with Gasteiger partial charge in [-0.05, 0) is 6.54 Å². The Labute approximate surface area is 113 Å². The van der Waals surface area contributed by atoms with E-state index in [1.807, 2.05) is 0 Å². The lowest BCUT2D eigenvalue weighted by Crippen LogP contribution is -2.37. The summed E-state index contributed by atoms with van der Waals surface area (Å²) >= 11 is 0. The Morgan fingerprint density at radius 3 is 1.39 bits per heavy atom. The average Bonchev–Trinajstić information content (AvgIpc) is 2.34. The predicted molar refractivity (Wildman–Crippen MR) is 80.3 cm³/mol. The molecule has 0 atom stereocenters. The van der Waals surface area contributed by atoms with E-state index in [1.54, 1.807) is 0 Å². The summed E-state index contributed by atoms with van der Waals surface area (Å²) in [6.45, 7) is 15.9. The van der Waals surface area contributed by atoms with E-state index in [0.29, 0.717) is 6.04 Å². The zero-order valence-electron chi connectivity index (χ0n) is 12.4. The molecule has 0 spiro atoms. The van der Waals surface area contributed by atoms with Crippen molar-refractivity contribution in [3.8, 4) is 0 Å². The lowest BCUT2D eigenvalue weighted by Gasteiger charge is -2.10. The van der Waals surface area contributed by atoms with Crippen LogP contribution in [0.15, 0.2) is 0 Å². The van der Waals surface area contributed by atoms with Crippen LogP contribution < -0.4 is 26.6 Å². The zero-order chi connectivity index (χ0) is 13.5. The molecule has 0 saturated heterocycles. The molecule has 18 heavy (non-hydrogen) atoms. The number of hydrogen-bond donors (Lipinski definition) is 5. The van der Waals surface area contributed by atoms with Gasteiger partial charge in [0.15, 0.2) is 0 Å². The third-order valence-electron chi connectivity index (χ3n) is 2.54. The quantitative estimate of drug-likeness (QED) is 0.269. The molecule has 0 aliphatic carbocycles. The molecule has 0 aromatic heterocycles. The molecule has 0 aromatic rings. The van der Waals surface area contributed by atoms with Crippen molar-refractivity contribution in [2.24, 2.45) is 0 Å². The van der Waals surface area contributed by atoms with Crippen molar-refractivity contribution in [3.05, 3.63) is 0 Å². The van der Waals surface area contributed by atoms with Gasteiger partial charge in [0.2, 0.25) is 0 Å². The zero-order valence-corrected chi connectivity index (χ0v) is 12.4. The first-order valence-corrected chi connectivity index (χ1v) is 7.33. The number of rotatable bonds is 14.